The maximum Gasteiger partial charge on any atom is 0.158 e. The van der Waals surface area contributed by atoms with Crippen molar-refractivity contribution in [3.8, 4) is 11.4 Å². The largest absolute Gasteiger partial charge is 0.497 e. The molecule has 4 nitrogen and oxygen atoms in total. The molecule has 0 saturated carbocycles. The highest BCUT2D eigenvalue weighted by Gasteiger charge is 2.28. The summed E-state index contributed by atoms with van der Waals surface area (Å²) in [6.07, 6.45) is 4.19. The molecule has 1 aliphatic rings. The lowest BCUT2D eigenvalue weighted by atomic mass is 10.2. The molecule has 2 heterocycles. The van der Waals surface area contributed by atoms with Gasteiger partial charge in [0.05, 0.1) is 13.7 Å². The van der Waals surface area contributed by atoms with Gasteiger partial charge in [-0.15, -0.1) is 0 Å². The van der Waals surface area contributed by atoms with Gasteiger partial charge in [0.1, 0.15) is 5.75 Å². The molecule has 1 saturated heterocycles. The van der Waals surface area contributed by atoms with Crippen LogP contribution in [0.3, 0.4) is 0 Å². The summed E-state index contributed by atoms with van der Waals surface area (Å²) in [6.45, 7) is 3.72. The number of ether oxygens (including phenoxy) is 2. The summed E-state index contributed by atoms with van der Waals surface area (Å²) >= 11 is 0. The molecule has 0 aliphatic carbocycles. The molecule has 1 aromatic heterocycles. The molecule has 1 fully saturated rings. The smallest absolute Gasteiger partial charge is 0.158 e. The Labute approximate surface area is 148 Å². The summed E-state index contributed by atoms with van der Waals surface area (Å²) in [4.78, 5) is 2.28. The monoisotopic (exact) mass is 334 g/mol. The van der Waals surface area contributed by atoms with Gasteiger partial charge in [0, 0.05) is 41.9 Å². The SMILES string of the molecule is COc1cccc(N2CCO[C@@H]2c2ccn(-c3ccccc3C)c2)c1. The minimum atomic E-state index is -0.0719. The number of rotatable bonds is 4. The Balaban J connectivity index is 1.64. The standard InChI is InChI=1S/C21H22N2O2/c1-16-6-3-4-9-20(16)22-11-10-17(15-22)21-23(12-13-25-21)18-7-5-8-19(14-18)24-2/h3-11,14-15,21H,12-13H2,1-2H3/t21-/m1/s1. The molecule has 3 aromatic rings. The van der Waals surface area contributed by atoms with E-state index in [0.717, 1.165) is 30.2 Å². The first-order valence-corrected chi connectivity index (χ1v) is 8.52. The first-order chi connectivity index (χ1) is 12.3. The molecule has 4 heteroatoms. The van der Waals surface area contributed by atoms with Crippen molar-refractivity contribution in [2.45, 2.75) is 13.2 Å². The lowest BCUT2D eigenvalue weighted by Crippen LogP contribution is -2.23. The topological polar surface area (TPSA) is 26.6 Å². The van der Waals surface area contributed by atoms with Crippen LogP contribution >= 0.6 is 0 Å². The molecule has 4 rings (SSSR count). The molecule has 1 atom stereocenters. The van der Waals surface area contributed by atoms with Crippen LogP contribution in [0, 0.1) is 6.92 Å². The molecular weight excluding hydrogens is 312 g/mol. The zero-order valence-electron chi connectivity index (χ0n) is 14.6. The highest BCUT2D eigenvalue weighted by Crippen LogP contribution is 2.34. The van der Waals surface area contributed by atoms with Gasteiger partial charge in [-0.3, -0.25) is 0 Å². The molecule has 0 spiro atoms. The first kappa shape index (κ1) is 15.8. The Morgan fingerprint density at radius 3 is 2.80 bits per heavy atom. The third-order valence-corrected chi connectivity index (χ3v) is 4.67. The van der Waals surface area contributed by atoms with Gasteiger partial charge in [0.25, 0.3) is 0 Å². The number of anilines is 1. The van der Waals surface area contributed by atoms with Crippen LogP contribution < -0.4 is 9.64 Å². The van der Waals surface area contributed by atoms with Crippen molar-refractivity contribution in [2.24, 2.45) is 0 Å². The fraction of sp³-hybridized carbons (Fsp3) is 0.238. The summed E-state index contributed by atoms with van der Waals surface area (Å²) in [6, 6.07) is 18.7. The molecule has 0 amide bonds. The van der Waals surface area contributed by atoms with Crippen LogP contribution in [0.2, 0.25) is 0 Å². The van der Waals surface area contributed by atoms with Crippen LogP contribution in [-0.4, -0.2) is 24.8 Å². The summed E-state index contributed by atoms with van der Waals surface area (Å²) in [5.41, 5.74) is 4.72. The van der Waals surface area contributed by atoms with Crippen LogP contribution in [0.1, 0.15) is 17.4 Å². The van der Waals surface area contributed by atoms with E-state index in [4.69, 9.17) is 9.47 Å². The summed E-state index contributed by atoms with van der Waals surface area (Å²) < 4.78 is 13.6. The Morgan fingerprint density at radius 1 is 1.08 bits per heavy atom. The van der Waals surface area contributed by atoms with Gasteiger partial charge in [0.15, 0.2) is 6.23 Å². The fourth-order valence-electron chi connectivity index (χ4n) is 3.36. The van der Waals surface area contributed by atoms with Crippen molar-refractivity contribution >= 4 is 5.69 Å². The Morgan fingerprint density at radius 2 is 1.96 bits per heavy atom. The van der Waals surface area contributed by atoms with Gasteiger partial charge in [-0.25, -0.2) is 0 Å². The predicted octanol–water partition coefficient (Wildman–Crippen LogP) is 4.33. The molecular formula is C21H22N2O2. The molecule has 25 heavy (non-hydrogen) atoms. The van der Waals surface area contributed by atoms with Crippen molar-refractivity contribution in [3.63, 3.8) is 0 Å². The summed E-state index contributed by atoms with van der Waals surface area (Å²) in [5.74, 6) is 0.862. The number of benzene rings is 2. The molecule has 128 valence electrons. The van der Waals surface area contributed by atoms with E-state index in [1.807, 2.05) is 12.1 Å². The third-order valence-electron chi connectivity index (χ3n) is 4.67. The van der Waals surface area contributed by atoms with Crippen LogP contribution in [-0.2, 0) is 4.74 Å². The predicted molar refractivity (Wildman–Crippen MR) is 99.5 cm³/mol. The van der Waals surface area contributed by atoms with Crippen molar-refractivity contribution in [1.29, 1.82) is 0 Å². The second kappa shape index (κ2) is 6.65. The average Bonchev–Trinajstić information content (AvgIpc) is 3.31. The van der Waals surface area contributed by atoms with E-state index < -0.39 is 0 Å². The molecule has 0 unspecified atom stereocenters. The van der Waals surface area contributed by atoms with Gasteiger partial charge in [-0.05, 0) is 36.8 Å². The fourth-order valence-corrected chi connectivity index (χ4v) is 3.36. The lowest BCUT2D eigenvalue weighted by Gasteiger charge is -2.25. The van der Waals surface area contributed by atoms with E-state index >= 15 is 0 Å². The first-order valence-electron chi connectivity index (χ1n) is 8.52. The Kier molecular flexibility index (Phi) is 4.20. The maximum atomic E-state index is 6.03. The maximum absolute atomic E-state index is 6.03. The van der Waals surface area contributed by atoms with E-state index in [1.165, 1.54) is 11.3 Å². The molecule has 2 aromatic carbocycles. The van der Waals surface area contributed by atoms with E-state index in [-0.39, 0.29) is 6.23 Å². The molecule has 0 N–H and O–H groups in total. The van der Waals surface area contributed by atoms with Crippen LogP contribution in [0.4, 0.5) is 5.69 Å². The number of para-hydroxylation sites is 1. The lowest BCUT2D eigenvalue weighted by molar-refractivity contribution is 0.114. The van der Waals surface area contributed by atoms with Crippen molar-refractivity contribution in [3.05, 3.63) is 78.1 Å². The molecule has 1 aliphatic heterocycles. The number of methoxy groups -OCH3 is 1. The van der Waals surface area contributed by atoms with Gasteiger partial charge in [-0.2, -0.15) is 0 Å². The second-order valence-electron chi connectivity index (χ2n) is 6.26. The minimum absolute atomic E-state index is 0.0719. The highest BCUT2D eigenvalue weighted by molar-refractivity contribution is 5.53. The minimum Gasteiger partial charge on any atom is -0.497 e. The summed E-state index contributed by atoms with van der Waals surface area (Å²) in [5, 5.41) is 0. The number of hydrogen-bond donors (Lipinski definition) is 0. The Bertz CT molecular complexity index is 872. The normalized spacial score (nSPS) is 17.0. The van der Waals surface area contributed by atoms with E-state index in [2.05, 4.69) is 71.2 Å². The van der Waals surface area contributed by atoms with Gasteiger partial charge >= 0.3 is 0 Å². The zero-order chi connectivity index (χ0) is 17.2. The van der Waals surface area contributed by atoms with Crippen LogP contribution in [0.15, 0.2) is 67.0 Å². The number of aromatic nitrogens is 1. The molecule has 0 bridgehead atoms. The molecule has 0 radical (unpaired) electrons. The van der Waals surface area contributed by atoms with Crippen molar-refractivity contribution in [2.75, 3.05) is 25.2 Å². The van der Waals surface area contributed by atoms with Crippen LogP contribution in [0.5, 0.6) is 5.75 Å². The quantitative estimate of drug-likeness (QED) is 0.710. The summed E-state index contributed by atoms with van der Waals surface area (Å²) in [7, 11) is 1.69. The number of aryl methyl sites for hydroxylation is 1. The Hall–Kier alpha value is -2.72. The third kappa shape index (κ3) is 3.01. The van der Waals surface area contributed by atoms with E-state index in [9.17, 15) is 0 Å². The van der Waals surface area contributed by atoms with Gasteiger partial charge < -0.3 is 18.9 Å². The second-order valence-corrected chi connectivity index (χ2v) is 6.26. The van der Waals surface area contributed by atoms with E-state index in [0.29, 0.717) is 0 Å². The average molecular weight is 334 g/mol. The van der Waals surface area contributed by atoms with Gasteiger partial charge in [0.2, 0.25) is 0 Å². The highest BCUT2D eigenvalue weighted by atomic mass is 16.5. The number of nitrogens with zero attached hydrogens (tertiary/aromatic N) is 2. The van der Waals surface area contributed by atoms with E-state index in [1.54, 1.807) is 7.11 Å². The number of hydrogen-bond acceptors (Lipinski definition) is 3. The zero-order valence-corrected chi connectivity index (χ0v) is 14.6. The van der Waals surface area contributed by atoms with Crippen LogP contribution in [0.25, 0.3) is 5.69 Å². The van der Waals surface area contributed by atoms with Crippen molar-refractivity contribution in [1.82, 2.24) is 4.57 Å². The van der Waals surface area contributed by atoms with Gasteiger partial charge in [-0.1, -0.05) is 24.3 Å². The van der Waals surface area contributed by atoms with Crippen molar-refractivity contribution < 1.29 is 9.47 Å².